The smallest absolute Gasteiger partial charge is 0.169 e. The molecule has 1 fully saturated rings. The molecule has 0 saturated carbocycles. The monoisotopic (exact) mass is 246 g/mol. The van der Waals surface area contributed by atoms with Gasteiger partial charge in [0.05, 0.1) is 0 Å². The number of nitrogens with one attached hydrogen (secondary N) is 1. The van der Waals surface area contributed by atoms with Crippen LogP contribution in [0.3, 0.4) is 0 Å². The maximum absolute atomic E-state index is 5.39. The summed E-state index contributed by atoms with van der Waals surface area (Å²) in [6, 6.07) is 0.432. The quantitative estimate of drug-likeness (QED) is 0.715. The van der Waals surface area contributed by atoms with E-state index < -0.39 is 0 Å². The molecule has 0 radical (unpaired) electrons. The van der Waals surface area contributed by atoms with Gasteiger partial charge in [-0.15, -0.1) is 0 Å². The van der Waals surface area contributed by atoms with Gasteiger partial charge in [-0.25, -0.2) is 0 Å². The van der Waals surface area contributed by atoms with Gasteiger partial charge in [0.1, 0.15) is 0 Å². The van der Waals surface area contributed by atoms with E-state index in [-0.39, 0.29) is 0 Å². The number of hydrogen-bond donors (Lipinski definition) is 1. The summed E-state index contributed by atoms with van der Waals surface area (Å²) < 4.78 is 0.405. The molecule has 1 rings (SSSR count). The predicted octanol–water partition coefficient (Wildman–Crippen LogP) is 2.49. The largest absolute Gasteiger partial charge is 0.360 e. The molecule has 0 aliphatic carbocycles. The molecule has 0 aromatic rings. The van der Waals surface area contributed by atoms with Crippen molar-refractivity contribution in [3.05, 3.63) is 0 Å². The highest BCUT2D eigenvalue weighted by Crippen LogP contribution is 2.30. The Kier molecular flexibility index (Phi) is 4.71. The van der Waals surface area contributed by atoms with E-state index in [4.69, 9.17) is 12.2 Å². The first-order valence-corrected chi connectivity index (χ1v) is 6.99. The van der Waals surface area contributed by atoms with Gasteiger partial charge >= 0.3 is 0 Å². The van der Waals surface area contributed by atoms with Crippen LogP contribution in [-0.4, -0.2) is 39.6 Å². The second-order valence-corrected chi connectivity index (χ2v) is 7.14. The summed E-state index contributed by atoms with van der Waals surface area (Å²) >= 11 is 7.44. The van der Waals surface area contributed by atoms with E-state index in [0.29, 0.717) is 10.8 Å². The number of hydrogen-bond acceptors (Lipinski definition) is 2. The van der Waals surface area contributed by atoms with Crippen LogP contribution in [0, 0.1) is 0 Å². The molecular formula is C11H22N2S2. The van der Waals surface area contributed by atoms with Crippen molar-refractivity contribution in [3.8, 4) is 0 Å². The van der Waals surface area contributed by atoms with Gasteiger partial charge in [-0.3, -0.25) is 0 Å². The summed E-state index contributed by atoms with van der Waals surface area (Å²) in [6.07, 6.45) is 1.21. The number of rotatable bonds is 1. The highest BCUT2D eigenvalue weighted by molar-refractivity contribution is 8.00. The van der Waals surface area contributed by atoms with Gasteiger partial charge < -0.3 is 10.2 Å². The van der Waals surface area contributed by atoms with Crippen molar-refractivity contribution < 1.29 is 0 Å². The fourth-order valence-corrected chi connectivity index (χ4v) is 3.08. The number of thiocarbonyl (C=S) groups is 1. The molecule has 4 heteroatoms. The van der Waals surface area contributed by atoms with Gasteiger partial charge in [0.2, 0.25) is 0 Å². The fourth-order valence-electron chi connectivity index (χ4n) is 1.56. The Morgan fingerprint density at radius 2 is 2.07 bits per heavy atom. The van der Waals surface area contributed by atoms with Gasteiger partial charge in [0.15, 0.2) is 5.11 Å². The van der Waals surface area contributed by atoms with Crippen molar-refractivity contribution in [2.24, 2.45) is 0 Å². The first kappa shape index (κ1) is 13.1. The van der Waals surface area contributed by atoms with Gasteiger partial charge in [0, 0.05) is 29.6 Å². The van der Waals surface area contributed by atoms with E-state index in [2.05, 4.69) is 49.7 Å². The van der Waals surface area contributed by atoms with Crippen LogP contribution in [0.1, 0.15) is 34.1 Å². The zero-order valence-corrected chi connectivity index (χ0v) is 11.8. The molecule has 1 aliphatic heterocycles. The molecule has 0 atom stereocenters. The van der Waals surface area contributed by atoms with E-state index in [0.717, 1.165) is 18.2 Å². The summed E-state index contributed by atoms with van der Waals surface area (Å²) in [5.41, 5.74) is 0. The summed E-state index contributed by atoms with van der Waals surface area (Å²) in [5, 5.41) is 4.24. The minimum atomic E-state index is 0.405. The van der Waals surface area contributed by atoms with E-state index in [9.17, 15) is 0 Å². The lowest BCUT2D eigenvalue weighted by atomic mass is 10.1. The van der Waals surface area contributed by atoms with Gasteiger partial charge in [-0.05, 0) is 32.5 Å². The molecule has 0 amide bonds. The third-order valence-electron chi connectivity index (χ3n) is 2.54. The summed E-state index contributed by atoms with van der Waals surface area (Å²) in [6.45, 7) is 11.1. The lowest BCUT2D eigenvalue weighted by Gasteiger charge is -2.26. The van der Waals surface area contributed by atoms with Crippen LogP contribution in [0.5, 0.6) is 0 Å². The molecule has 0 unspecified atom stereocenters. The molecule has 2 nitrogen and oxygen atoms in total. The normalized spacial score (nSPS) is 21.3. The van der Waals surface area contributed by atoms with Crippen molar-refractivity contribution in [1.29, 1.82) is 0 Å². The zero-order chi connectivity index (χ0) is 11.5. The second-order valence-electron chi connectivity index (χ2n) is 4.95. The van der Waals surface area contributed by atoms with Gasteiger partial charge in [-0.1, -0.05) is 13.8 Å². The topological polar surface area (TPSA) is 15.3 Å². The summed E-state index contributed by atoms with van der Waals surface area (Å²) in [5.74, 6) is 1.17. The first-order valence-electron chi connectivity index (χ1n) is 5.60. The van der Waals surface area contributed by atoms with E-state index in [1.165, 1.54) is 12.2 Å². The molecule has 0 bridgehead atoms. The summed E-state index contributed by atoms with van der Waals surface area (Å²) in [7, 11) is 0. The minimum Gasteiger partial charge on any atom is -0.360 e. The second kappa shape index (κ2) is 5.39. The van der Waals surface area contributed by atoms with Crippen molar-refractivity contribution in [1.82, 2.24) is 10.2 Å². The average Bonchev–Trinajstić information content (AvgIpc) is 2.25. The van der Waals surface area contributed by atoms with Crippen LogP contribution < -0.4 is 5.32 Å². The lowest BCUT2D eigenvalue weighted by molar-refractivity contribution is 0.412. The Balaban J connectivity index is 2.47. The van der Waals surface area contributed by atoms with Crippen LogP contribution in [0.15, 0.2) is 0 Å². The SMILES string of the molecule is CC(C)NC(=S)N1CCSC(C)(C)CC1. The molecule has 0 spiro atoms. The van der Waals surface area contributed by atoms with Crippen LogP contribution in [-0.2, 0) is 0 Å². The Morgan fingerprint density at radius 1 is 1.40 bits per heavy atom. The van der Waals surface area contributed by atoms with Crippen LogP contribution in [0.25, 0.3) is 0 Å². The van der Waals surface area contributed by atoms with Gasteiger partial charge in [-0.2, -0.15) is 11.8 Å². The molecule has 1 saturated heterocycles. The Bertz CT molecular complexity index is 227. The Labute approximate surface area is 103 Å². The van der Waals surface area contributed by atoms with Crippen molar-refractivity contribution >= 4 is 29.1 Å². The predicted molar refractivity (Wildman–Crippen MR) is 73.6 cm³/mol. The zero-order valence-electron chi connectivity index (χ0n) is 10.2. The number of thioether (sulfide) groups is 1. The van der Waals surface area contributed by atoms with Crippen LogP contribution in [0.4, 0.5) is 0 Å². The average molecular weight is 246 g/mol. The molecule has 0 aromatic carbocycles. The first-order chi connectivity index (χ1) is 6.91. The Morgan fingerprint density at radius 3 is 2.67 bits per heavy atom. The maximum atomic E-state index is 5.39. The van der Waals surface area contributed by atoms with Crippen molar-refractivity contribution in [2.45, 2.75) is 44.9 Å². The molecule has 15 heavy (non-hydrogen) atoms. The third kappa shape index (κ3) is 4.60. The van der Waals surface area contributed by atoms with Crippen LogP contribution >= 0.6 is 24.0 Å². The molecule has 88 valence electrons. The third-order valence-corrected chi connectivity index (χ3v) is 4.29. The van der Waals surface area contributed by atoms with Gasteiger partial charge in [0.25, 0.3) is 0 Å². The van der Waals surface area contributed by atoms with E-state index in [1.54, 1.807) is 0 Å². The molecule has 0 aromatic heterocycles. The Hall–Kier alpha value is 0.0400. The minimum absolute atomic E-state index is 0.405. The van der Waals surface area contributed by atoms with E-state index in [1.807, 2.05) is 0 Å². The lowest BCUT2D eigenvalue weighted by Crippen LogP contribution is -2.43. The highest BCUT2D eigenvalue weighted by Gasteiger charge is 2.24. The fraction of sp³-hybridized carbons (Fsp3) is 0.909. The van der Waals surface area contributed by atoms with Crippen LogP contribution in [0.2, 0.25) is 0 Å². The standard InChI is InChI=1S/C11H22N2S2/c1-9(2)12-10(14)13-6-5-11(3,4)15-8-7-13/h9H,5-8H2,1-4H3,(H,12,14). The number of nitrogens with zero attached hydrogens (tertiary/aromatic N) is 1. The van der Waals surface area contributed by atoms with Crippen molar-refractivity contribution in [2.75, 3.05) is 18.8 Å². The maximum Gasteiger partial charge on any atom is 0.169 e. The highest BCUT2D eigenvalue weighted by atomic mass is 32.2. The molecule has 1 N–H and O–H groups in total. The molecule has 1 heterocycles. The van der Waals surface area contributed by atoms with E-state index >= 15 is 0 Å². The molecular weight excluding hydrogens is 224 g/mol. The summed E-state index contributed by atoms with van der Waals surface area (Å²) in [4.78, 5) is 2.30. The molecule has 1 aliphatic rings. The van der Waals surface area contributed by atoms with Crippen molar-refractivity contribution in [3.63, 3.8) is 0 Å².